The minimum absolute atomic E-state index is 0.638. The van der Waals surface area contributed by atoms with Crippen LogP contribution in [-0.4, -0.2) is 29.8 Å². The van der Waals surface area contributed by atoms with Crippen LogP contribution in [-0.2, 0) is 11.3 Å². The van der Waals surface area contributed by atoms with Crippen molar-refractivity contribution in [1.29, 1.82) is 0 Å². The third-order valence-corrected chi connectivity index (χ3v) is 2.38. The van der Waals surface area contributed by atoms with E-state index >= 15 is 0 Å². The monoisotopic (exact) mass is 225 g/mol. The van der Waals surface area contributed by atoms with Crippen LogP contribution in [0.1, 0.15) is 26.7 Å². The van der Waals surface area contributed by atoms with Crippen molar-refractivity contribution in [3.8, 4) is 0 Å². The fraction of sp³-hybridized carbons (Fsp3) is 0.750. The van der Waals surface area contributed by atoms with Gasteiger partial charge in [-0.3, -0.25) is 0 Å². The Morgan fingerprint density at radius 2 is 2.25 bits per heavy atom. The van der Waals surface area contributed by atoms with Gasteiger partial charge >= 0.3 is 0 Å². The van der Waals surface area contributed by atoms with E-state index in [0.29, 0.717) is 5.92 Å². The van der Waals surface area contributed by atoms with E-state index in [2.05, 4.69) is 28.7 Å². The second-order valence-corrected chi connectivity index (χ2v) is 4.42. The Bertz CT molecular complexity index is 284. The Morgan fingerprint density at radius 1 is 1.44 bits per heavy atom. The van der Waals surface area contributed by atoms with Crippen LogP contribution in [0, 0.1) is 5.92 Å². The molecule has 0 atom stereocenters. The summed E-state index contributed by atoms with van der Waals surface area (Å²) in [5, 5.41) is 3.35. The number of anilines is 1. The van der Waals surface area contributed by atoms with Crippen LogP contribution in [0.4, 0.5) is 5.95 Å². The quantitative estimate of drug-likeness (QED) is 0.690. The van der Waals surface area contributed by atoms with Gasteiger partial charge in [0.05, 0.1) is 0 Å². The minimum Gasteiger partial charge on any atom is -0.385 e. The zero-order chi connectivity index (χ0) is 11.8. The summed E-state index contributed by atoms with van der Waals surface area (Å²) in [4.78, 5) is 4.31. The van der Waals surface area contributed by atoms with Gasteiger partial charge in [-0.25, -0.2) is 4.98 Å². The average molecular weight is 225 g/mol. The van der Waals surface area contributed by atoms with Crippen molar-refractivity contribution in [2.45, 2.75) is 33.2 Å². The van der Waals surface area contributed by atoms with Gasteiger partial charge in [-0.1, -0.05) is 13.8 Å². The van der Waals surface area contributed by atoms with E-state index in [4.69, 9.17) is 4.74 Å². The van der Waals surface area contributed by atoms with Crippen LogP contribution in [0.2, 0.25) is 0 Å². The van der Waals surface area contributed by atoms with Crippen LogP contribution < -0.4 is 5.32 Å². The third-order valence-electron chi connectivity index (χ3n) is 2.38. The van der Waals surface area contributed by atoms with Crippen molar-refractivity contribution in [2.24, 2.45) is 5.92 Å². The summed E-state index contributed by atoms with van der Waals surface area (Å²) in [6.45, 7) is 7.19. The van der Waals surface area contributed by atoms with Crippen molar-refractivity contribution in [3.63, 3.8) is 0 Å². The van der Waals surface area contributed by atoms with Crippen LogP contribution >= 0.6 is 0 Å². The molecule has 4 heteroatoms. The molecule has 1 aromatic heterocycles. The number of methoxy groups -OCH3 is 1. The van der Waals surface area contributed by atoms with Gasteiger partial charge in [-0.05, 0) is 18.8 Å². The number of unbranched alkanes of at least 4 members (excludes halogenated alkanes) is 1. The molecule has 0 aliphatic rings. The van der Waals surface area contributed by atoms with Crippen molar-refractivity contribution in [1.82, 2.24) is 9.55 Å². The molecule has 1 rings (SSSR count). The van der Waals surface area contributed by atoms with E-state index in [-0.39, 0.29) is 0 Å². The zero-order valence-corrected chi connectivity index (χ0v) is 10.6. The second kappa shape index (κ2) is 7.28. The molecule has 16 heavy (non-hydrogen) atoms. The molecule has 0 radical (unpaired) electrons. The molecule has 1 heterocycles. The van der Waals surface area contributed by atoms with Gasteiger partial charge in [0.25, 0.3) is 0 Å². The molecule has 0 aliphatic carbocycles. The van der Waals surface area contributed by atoms with Gasteiger partial charge in [0.15, 0.2) is 0 Å². The third kappa shape index (κ3) is 4.66. The maximum Gasteiger partial charge on any atom is 0.202 e. The number of nitrogens with one attached hydrogen (secondary N) is 1. The molecule has 0 fully saturated rings. The lowest BCUT2D eigenvalue weighted by molar-refractivity contribution is 0.191. The Labute approximate surface area is 98.0 Å². The summed E-state index contributed by atoms with van der Waals surface area (Å²) in [5.74, 6) is 1.62. The van der Waals surface area contributed by atoms with Gasteiger partial charge in [0, 0.05) is 39.2 Å². The highest BCUT2D eigenvalue weighted by Gasteiger charge is 2.02. The lowest BCUT2D eigenvalue weighted by Gasteiger charge is -2.11. The fourth-order valence-corrected chi connectivity index (χ4v) is 1.48. The van der Waals surface area contributed by atoms with Gasteiger partial charge in [-0.15, -0.1) is 0 Å². The maximum atomic E-state index is 5.03. The number of ether oxygens (including phenoxy) is 1. The molecule has 0 saturated heterocycles. The Balaban J connectivity index is 2.32. The topological polar surface area (TPSA) is 39.1 Å². The fourth-order valence-electron chi connectivity index (χ4n) is 1.48. The number of aromatic nitrogens is 2. The van der Waals surface area contributed by atoms with Gasteiger partial charge in [0.2, 0.25) is 5.95 Å². The smallest absolute Gasteiger partial charge is 0.202 e. The molecule has 4 nitrogen and oxygen atoms in total. The summed E-state index contributed by atoms with van der Waals surface area (Å²) in [6.07, 6.45) is 6.09. The van der Waals surface area contributed by atoms with Crippen LogP contribution in [0.25, 0.3) is 0 Å². The molecule has 92 valence electrons. The summed E-state index contributed by atoms with van der Waals surface area (Å²) < 4.78 is 7.19. The lowest BCUT2D eigenvalue weighted by Crippen LogP contribution is -2.13. The molecule has 0 aliphatic heterocycles. The van der Waals surface area contributed by atoms with Gasteiger partial charge in [0.1, 0.15) is 0 Å². The van der Waals surface area contributed by atoms with Crippen LogP contribution in [0.3, 0.4) is 0 Å². The van der Waals surface area contributed by atoms with Crippen LogP contribution in [0.5, 0.6) is 0 Å². The van der Waals surface area contributed by atoms with E-state index in [1.54, 1.807) is 7.11 Å². The summed E-state index contributed by atoms with van der Waals surface area (Å²) in [5.41, 5.74) is 0. The van der Waals surface area contributed by atoms with E-state index in [1.807, 2.05) is 12.4 Å². The van der Waals surface area contributed by atoms with Gasteiger partial charge in [-0.2, -0.15) is 0 Å². The number of hydrogen-bond donors (Lipinski definition) is 1. The minimum atomic E-state index is 0.638. The number of rotatable bonds is 8. The first-order valence-corrected chi connectivity index (χ1v) is 5.98. The van der Waals surface area contributed by atoms with Gasteiger partial charge < -0.3 is 14.6 Å². The van der Waals surface area contributed by atoms with Crippen molar-refractivity contribution >= 4 is 5.95 Å². The Kier molecular flexibility index (Phi) is 5.93. The largest absolute Gasteiger partial charge is 0.385 e. The van der Waals surface area contributed by atoms with E-state index in [9.17, 15) is 0 Å². The molecule has 0 amide bonds. The first kappa shape index (κ1) is 13.0. The van der Waals surface area contributed by atoms with E-state index in [1.165, 1.54) is 0 Å². The first-order chi connectivity index (χ1) is 7.74. The maximum absolute atomic E-state index is 5.03. The Hall–Kier alpha value is -1.03. The number of aryl methyl sites for hydroxylation is 1. The highest BCUT2D eigenvalue weighted by Crippen LogP contribution is 2.07. The molecule has 0 spiro atoms. The highest BCUT2D eigenvalue weighted by atomic mass is 16.5. The van der Waals surface area contributed by atoms with Crippen molar-refractivity contribution in [2.75, 3.05) is 25.6 Å². The number of imidazole rings is 1. The second-order valence-electron chi connectivity index (χ2n) is 4.42. The van der Waals surface area contributed by atoms with Crippen molar-refractivity contribution < 1.29 is 4.74 Å². The molecule has 0 aromatic carbocycles. The molecule has 0 unspecified atom stereocenters. The summed E-state index contributed by atoms with van der Waals surface area (Å²) in [7, 11) is 1.74. The van der Waals surface area contributed by atoms with E-state index in [0.717, 1.165) is 38.5 Å². The van der Waals surface area contributed by atoms with E-state index < -0.39 is 0 Å². The lowest BCUT2D eigenvalue weighted by atomic mass is 10.2. The predicted molar refractivity (Wildman–Crippen MR) is 66.7 cm³/mol. The normalized spacial score (nSPS) is 11.0. The summed E-state index contributed by atoms with van der Waals surface area (Å²) in [6, 6.07) is 0. The molecule has 0 bridgehead atoms. The van der Waals surface area contributed by atoms with Crippen molar-refractivity contribution in [3.05, 3.63) is 12.4 Å². The molecular formula is C12H23N3O. The molecular weight excluding hydrogens is 202 g/mol. The number of hydrogen-bond acceptors (Lipinski definition) is 3. The SMILES string of the molecule is COCCCCn1ccnc1NCC(C)C. The average Bonchev–Trinajstić information content (AvgIpc) is 2.69. The predicted octanol–water partition coefficient (Wildman–Crippen LogP) is 2.38. The summed E-state index contributed by atoms with van der Waals surface area (Å²) >= 11 is 0. The molecule has 0 saturated carbocycles. The van der Waals surface area contributed by atoms with Crippen LogP contribution in [0.15, 0.2) is 12.4 Å². The standard InChI is InChI=1S/C12H23N3O/c1-11(2)10-14-12-13-6-8-15(12)7-4-5-9-16-3/h6,8,11H,4-5,7,9-10H2,1-3H3,(H,13,14). The molecule has 1 N–H and O–H groups in total. The zero-order valence-electron chi connectivity index (χ0n) is 10.6. The highest BCUT2D eigenvalue weighted by molar-refractivity contribution is 5.25. The molecule has 1 aromatic rings. The number of nitrogens with zero attached hydrogens (tertiary/aromatic N) is 2. The first-order valence-electron chi connectivity index (χ1n) is 5.98. The Morgan fingerprint density at radius 3 is 2.94 bits per heavy atom.